The number of hydrogen-bond acceptors (Lipinski definition) is 5. The van der Waals surface area contributed by atoms with E-state index in [1.54, 1.807) is 51.1 Å². The summed E-state index contributed by atoms with van der Waals surface area (Å²) < 4.78 is 33.8. The molecule has 2 aromatic carbocycles. The Morgan fingerprint density at radius 3 is 2.29 bits per heavy atom. The van der Waals surface area contributed by atoms with Crippen molar-refractivity contribution in [1.29, 1.82) is 0 Å². The number of esters is 1. The Morgan fingerprint density at radius 2 is 1.71 bits per heavy atom. The van der Waals surface area contributed by atoms with Crippen molar-refractivity contribution in [3.63, 3.8) is 0 Å². The molecule has 0 atom stereocenters. The van der Waals surface area contributed by atoms with Gasteiger partial charge in [0.2, 0.25) is 0 Å². The number of rotatable bonds is 4. The van der Waals surface area contributed by atoms with Gasteiger partial charge in [-0.15, -0.1) is 0 Å². The van der Waals surface area contributed by atoms with Gasteiger partial charge in [0.05, 0.1) is 10.5 Å². The standard InChI is InChI=1S/C21H21ClO5S/c1-21(2,3)27-20(23)14-26-19-12-9-17(22)13-16(19)8-5-15-6-10-18(11-7-15)28(4,24)25/h6-7,9-13H,14H2,1-4H3. The van der Waals surface area contributed by atoms with Crippen LogP contribution in [0.4, 0.5) is 0 Å². The van der Waals surface area contributed by atoms with Crippen LogP contribution in [0, 0.1) is 11.8 Å². The molecule has 0 heterocycles. The predicted octanol–water partition coefficient (Wildman–Crippen LogP) is 3.86. The van der Waals surface area contributed by atoms with Crippen LogP contribution in [0.5, 0.6) is 5.75 Å². The molecule has 2 aromatic rings. The number of halogens is 1. The molecule has 0 N–H and O–H groups in total. The van der Waals surface area contributed by atoms with Gasteiger partial charge < -0.3 is 9.47 Å². The smallest absolute Gasteiger partial charge is 0.344 e. The molecule has 0 saturated heterocycles. The van der Waals surface area contributed by atoms with Gasteiger partial charge in [-0.1, -0.05) is 23.4 Å². The molecular formula is C21H21ClO5S. The van der Waals surface area contributed by atoms with Gasteiger partial charge in [-0.3, -0.25) is 0 Å². The number of hydrogen-bond donors (Lipinski definition) is 0. The van der Waals surface area contributed by atoms with E-state index in [9.17, 15) is 13.2 Å². The van der Waals surface area contributed by atoms with E-state index in [1.807, 2.05) is 0 Å². The summed E-state index contributed by atoms with van der Waals surface area (Å²) in [6.45, 7) is 5.08. The third-order valence-corrected chi connectivity index (χ3v) is 4.69. The molecule has 0 unspecified atom stereocenters. The third-order valence-electron chi connectivity index (χ3n) is 3.33. The molecular weight excluding hydrogens is 400 g/mol. The van der Waals surface area contributed by atoms with E-state index in [1.165, 1.54) is 12.1 Å². The minimum Gasteiger partial charge on any atom is -0.481 e. The third kappa shape index (κ3) is 6.91. The topological polar surface area (TPSA) is 69.7 Å². The lowest BCUT2D eigenvalue weighted by molar-refractivity contribution is -0.157. The van der Waals surface area contributed by atoms with Crippen LogP contribution in [-0.4, -0.2) is 32.9 Å². The van der Waals surface area contributed by atoms with Crippen LogP contribution < -0.4 is 4.74 Å². The van der Waals surface area contributed by atoms with Crippen molar-refractivity contribution in [2.75, 3.05) is 12.9 Å². The van der Waals surface area contributed by atoms with Gasteiger partial charge in [-0.2, -0.15) is 0 Å². The van der Waals surface area contributed by atoms with Crippen LogP contribution in [-0.2, 0) is 19.4 Å². The Balaban J connectivity index is 2.19. The van der Waals surface area contributed by atoms with E-state index < -0.39 is 21.4 Å². The molecule has 0 saturated carbocycles. The van der Waals surface area contributed by atoms with Crippen LogP contribution in [0.25, 0.3) is 0 Å². The van der Waals surface area contributed by atoms with Gasteiger partial charge in [-0.05, 0) is 63.2 Å². The van der Waals surface area contributed by atoms with Crippen LogP contribution in [0.1, 0.15) is 31.9 Å². The van der Waals surface area contributed by atoms with Crippen LogP contribution >= 0.6 is 11.6 Å². The molecule has 0 amide bonds. The average Bonchev–Trinajstić information content (AvgIpc) is 2.57. The van der Waals surface area contributed by atoms with Gasteiger partial charge in [0, 0.05) is 16.8 Å². The van der Waals surface area contributed by atoms with Crippen molar-refractivity contribution < 1.29 is 22.7 Å². The van der Waals surface area contributed by atoms with E-state index in [0.717, 1.165) is 6.26 Å². The zero-order chi connectivity index (χ0) is 20.9. The summed E-state index contributed by atoms with van der Waals surface area (Å²) in [6, 6.07) is 11.1. The minimum atomic E-state index is -3.26. The first-order chi connectivity index (χ1) is 12.9. The summed E-state index contributed by atoms with van der Waals surface area (Å²) in [4.78, 5) is 12.1. The highest BCUT2D eigenvalue weighted by molar-refractivity contribution is 7.90. The lowest BCUT2D eigenvalue weighted by Gasteiger charge is -2.19. The molecule has 0 aliphatic heterocycles. The van der Waals surface area contributed by atoms with Crippen LogP contribution in [0.15, 0.2) is 47.4 Å². The highest BCUT2D eigenvalue weighted by atomic mass is 35.5. The van der Waals surface area contributed by atoms with E-state index in [0.29, 0.717) is 21.9 Å². The van der Waals surface area contributed by atoms with Crippen molar-refractivity contribution in [3.8, 4) is 17.6 Å². The molecule has 0 aromatic heterocycles. The Kier molecular flexibility index (Phi) is 6.76. The first-order valence-electron chi connectivity index (χ1n) is 8.40. The van der Waals surface area contributed by atoms with Crippen LogP contribution in [0.3, 0.4) is 0 Å². The van der Waals surface area contributed by atoms with E-state index >= 15 is 0 Å². The molecule has 7 heteroatoms. The first kappa shape index (κ1) is 21.8. The first-order valence-corrected chi connectivity index (χ1v) is 10.7. The Labute approximate surface area is 170 Å². The number of benzene rings is 2. The molecule has 2 rings (SSSR count). The zero-order valence-electron chi connectivity index (χ0n) is 16.1. The van der Waals surface area contributed by atoms with E-state index in [4.69, 9.17) is 21.1 Å². The van der Waals surface area contributed by atoms with E-state index in [-0.39, 0.29) is 11.5 Å². The van der Waals surface area contributed by atoms with Gasteiger partial charge in [0.1, 0.15) is 11.4 Å². The lowest BCUT2D eigenvalue weighted by Crippen LogP contribution is -2.27. The molecule has 0 radical (unpaired) electrons. The van der Waals surface area contributed by atoms with Crippen molar-refractivity contribution in [1.82, 2.24) is 0 Å². The quantitative estimate of drug-likeness (QED) is 0.554. The average molecular weight is 421 g/mol. The van der Waals surface area contributed by atoms with E-state index in [2.05, 4.69) is 11.8 Å². The summed E-state index contributed by atoms with van der Waals surface area (Å²) in [7, 11) is -3.26. The molecule has 28 heavy (non-hydrogen) atoms. The largest absolute Gasteiger partial charge is 0.481 e. The normalized spacial score (nSPS) is 11.3. The molecule has 0 fully saturated rings. The van der Waals surface area contributed by atoms with Gasteiger partial charge in [0.25, 0.3) is 0 Å². The summed E-state index contributed by atoms with van der Waals surface area (Å²) in [6.07, 6.45) is 1.15. The monoisotopic (exact) mass is 420 g/mol. The van der Waals surface area contributed by atoms with Gasteiger partial charge >= 0.3 is 5.97 Å². The Hall–Kier alpha value is -2.49. The maximum atomic E-state index is 11.8. The van der Waals surface area contributed by atoms with Gasteiger partial charge in [0.15, 0.2) is 16.4 Å². The second kappa shape index (κ2) is 8.68. The number of carbonyl (C=O) groups is 1. The van der Waals surface area contributed by atoms with Crippen molar-refractivity contribution in [2.24, 2.45) is 0 Å². The molecule has 0 bridgehead atoms. The highest BCUT2D eigenvalue weighted by Gasteiger charge is 2.17. The zero-order valence-corrected chi connectivity index (χ0v) is 17.6. The summed E-state index contributed by atoms with van der Waals surface area (Å²) in [5.41, 5.74) is 0.537. The highest BCUT2D eigenvalue weighted by Crippen LogP contribution is 2.22. The number of sulfone groups is 1. The molecule has 0 spiro atoms. The van der Waals surface area contributed by atoms with Gasteiger partial charge in [-0.25, -0.2) is 13.2 Å². The number of ether oxygens (including phenoxy) is 2. The molecule has 0 aliphatic rings. The van der Waals surface area contributed by atoms with Crippen molar-refractivity contribution in [2.45, 2.75) is 31.3 Å². The molecule has 148 valence electrons. The summed E-state index contributed by atoms with van der Waals surface area (Å²) in [5.74, 6) is 5.78. The predicted molar refractivity (Wildman–Crippen MR) is 108 cm³/mol. The Morgan fingerprint density at radius 1 is 1.07 bits per heavy atom. The Bertz CT molecular complexity index is 1020. The fraction of sp³-hybridized carbons (Fsp3) is 0.286. The SMILES string of the molecule is CC(C)(C)OC(=O)COc1ccc(Cl)cc1C#Cc1ccc(S(C)(=O)=O)cc1. The number of carbonyl (C=O) groups excluding carboxylic acids is 1. The maximum Gasteiger partial charge on any atom is 0.344 e. The maximum absolute atomic E-state index is 11.8. The molecule has 0 aliphatic carbocycles. The summed E-state index contributed by atoms with van der Waals surface area (Å²) in [5, 5.41) is 0.473. The fourth-order valence-electron chi connectivity index (χ4n) is 2.16. The van der Waals surface area contributed by atoms with Crippen molar-refractivity contribution in [3.05, 3.63) is 58.6 Å². The van der Waals surface area contributed by atoms with Crippen molar-refractivity contribution >= 4 is 27.4 Å². The fourth-order valence-corrected chi connectivity index (χ4v) is 2.96. The summed E-state index contributed by atoms with van der Waals surface area (Å²) >= 11 is 6.04. The van der Waals surface area contributed by atoms with Crippen LogP contribution in [0.2, 0.25) is 5.02 Å². The second-order valence-corrected chi connectivity index (χ2v) is 9.51. The second-order valence-electron chi connectivity index (χ2n) is 7.06. The minimum absolute atomic E-state index is 0.224. The lowest BCUT2D eigenvalue weighted by atomic mass is 10.1. The molecule has 5 nitrogen and oxygen atoms in total.